The van der Waals surface area contributed by atoms with Gasteiger partial charge in [0.05, 0.1) is 19.8 Å². The molecule has 1 fully saturated rings. The summed E-state index contributed by atoms with van der Waals surface area (Å²) in [5, 5.41) is 6.04. The van der Waals surface area contributed by atoms with E-state index in [-0.39, 0.29) is 0 Å². The van der Waals surface area contributed by atoms with Crippen molar-refractivity contribution in [1.82, 2.24) is 10.3 Å². The van der Waals surface area contributed by atoms with Gasteiger partial charge < -0.3 is 15.0 Å². The molecule has 0 bridgehead atoms. The molecule has 5 heteroatoms. The Balaban J connectivity index is 1.99. The minimum atomic E-state index is 0.699. The van der Waals surface area contributed by atoms with Crippen molar-refractivity contribution < 1.29 is 4.74 Å². The van der Waals surface area contributed by atoms with E-state index >= 15 is 0 Å². The van der Waals surface area contributed by atoms with Crippen LogP contribution in [-0.2, 0) is 4.74 Å². The molecule has 0 unspecified atom stereocenters. The van der Waals surface area contributed by atoms with E-state index in [1.165, 1.54) is 0 Å². The molecule has 2 heterocycles. The lowest BCUT2D eigenvalue weighted by Gasteiger charge is -2.25. The Labute approximate surface area is 99.6 Å². The van der Waals surface area contributed by atoms with Gasteiger partial charge in [0.2, 0.25) is 0 Å². The number of hydrogen-bond acceptors (Lipinski definition) is 5. The predicted octanol–water partition coefficient (Wildman–Crippen LogP) is 0.551. The first-order chi connectivity index (χ1) is 7.90. The van der Waals surface area contributed by atoms with Crippen LogP contribution in [0.4, 0.5) is 5.13 Å². The summed E-state index contributed by atoms with van der Waals surface area (Å²) in [5.74, 6) is 6.04. The second-order valence-electron chi connectivity index (χ2n) is 3.45. The van der Waals surface area contributed by atoms with Crippen molar-refractivity contribution >= 4 is 16.5 Å². The zero-order valence-electron chi connectivity index (χ0n) is 9.32. The number of nitrogens with zero attached hydrogens (tertiary/aromatic N) is 2. The third kappa shape index (κ3) is 2.95. The van der Waals surface area contributed by atoms with E-state index in [1.807, 2.05) is 12.4 Å². The molecule has 2 rings (SSSR count). The monoisotopic (exact) mass is 237 g/mol. The summed E-state index contributed by atoms with van der Waals surface area (Å²) in [5.41, 5.74) is 0.863. The summed E-state index contributed by atoms with van der Waals surface area (Å²) in [6.45, 7) is 4.14. The van der Waals surface area contributed by atoms with Crippen LogP contribution in [-0.4, -0.2) is 44.9 Å². The molecule has 0 spiro atoms. The lowest BCUT2D eigenvalue weighted by molar-refractivity contribution is 0.122. The van der Waals surface area contributed by atoms with Gasteiger partial charge >= 0.3 is 0 Å². The number of nitrogens with one attached hydrogen (secondary N) is 1. The van der Waals surface area contributed by atoms with Crippen LogP contribution < -0.4 is 10.2 Å². The summed E-state index contributed by atoms with van der Waals surface area (Å²) in [6.07, 6.45) is 0. The van der Waals surface area contributed by atoms with Crippen molar-refractivity contribution in [2.24, 2.45) is 0 Å². The molecule has 0 radical (unpaired) electrons. The van der Waals surface area contributed by atoms with Gasteiger partial charge in [0.25, 0.3) is 0 Å². The number of rotatable bonds is 2. The van der Waals surface area contributed by atoms with Crippen molar-refractivity contribution in [3.63, 3.8) is 0 Å². The maximum Gasteiger partial charge on any atom is 0.186 e. The van der Waals surface area contributed by atoms with Gasteiger partial charge in [-0.1, -0.05) is 5.92 Å². The second-order valence-corrected chi connectivity index (χ2v) is 4.28. The Hall–Kier alpha value is -1.09. The highest BCUT2D eigenvalue weighted by Gasteiger charge is 2.13. The number of anilines is 1. The molecule has 1 aliphatic rings. The Morgan fingerprint density at radius 1 is 1.56 bits per heavy atom. The number of aromatic nitrogens is 1. The van der Waals surface area contributed by atoms with E-state index in [2.05, 4.69) is 27.0 Å². The van der Waals surface area contributed by atoms with Crippen LogP contribution in [0.3, 0.4) is 0 Å². The van der Waals surface area contributed by atoms with Gasteiger partial charge in [-0.25, -0.2) is 4.98 Å². The Bertz CT molecular complexity index is 387. The predicted molar refractivity (Wildman–Crippen MR) is 66.0 cm³/mol. The molecule has 4 nitrogen and oxygen atoms in total. The standard InChI is InChI=1S/C11H15N3OS/c1-12-4-2-3-10-9-16-11(13-10)14-5-7-15-8-6-14/h9,12H,4-8H2,1H3. The maximum atomic E-state index is 5.31. The van der Waals surface area contributed by atoms with Crippen LogP contribution in [0.15, 0.2) is 5.38 Å². The summed E-state index contributed by atoms with van der Waals surface area (Å²) in [6, 6.07) is 0. The van der Waals surface area contributed by atoms with E-state index in [9.17, 15) is 0 Å². The van der Waals surface area contributed by atoms with E-state index in [4.69, 9.17) is 4.74 Å². The third-order valence-electron chi connectivity index (χ3n) is 2.26. The highest BCUT2D eigenvalue weighted by molar-refractivity contribution is 7.13. The number of hydrogen-bond donors (Lipinski definition) is 1. The molecule has 0 saturated carbocycles. The van der Waals surface area contributed by atoms with E-state index < -0.39 is 0 Å². The normalized spacial score (nSPS) is 15.7. The molecule has 1 aromatic rings. The van der Waals surface area contributed by atoms with Crippen molar-refractivity contribution in [1.29, 1.82) is 0 Å². The van der Waals surface area contributed by atoms with Crippen LogP contribution in [0.2, 0.25) is 0 Å². The minimum Gasteiger partial charge on any atom is -0.378 e. The molecule has 1 N–H and O–H groups in total. The van der Waals surface area contributed by atoms with Gasteiger partial charge in [0.1, 0.15) is 5.69 Å². The van der Waals surface area contributed by atoms with Crippen LogP contribution in [0.5, 0.6) is 0 Å². The summed E-state index contributed by atoms with van der Waals surface area (Å²) < 4.78 is 5.31. The Morgan fingerprint density at radius 2 is 2.38 bits per heavy atom. The average Bonchev–Trinajstić information content (AvgIpc) is 2.79. The molecule has 0 amide bonds. The molecule has 0 aliphatic carbocycles. The van der Waals surface area contributed by atoms with E-state index in [0.717, 1.165) is 37.1 Å². The third-order valence-corrected chi connectivity index (χ3v) is 3.16. The first-order valence-electron chi connectivity index (χ1n) is 5.32. The van der Waals surface area contributed by atoms with Crippen LogP contribution in [0, 0.1) is 11.8 Å². The number of ether oxygens (including phenoxy) is 1. The van der Waals surface area contributed by atoms with Crippen molar-refractivity contribution in [3.05, 3.63) is 11.1 Å². The zero-order chi connectivity index (χ0) is 11.2. The summed E-state index contributed by atoms with van der Waals surface area (Å²) >= 11 is 1.65. The SMILES string of the molecule is CNCC#Cc1csc(N2CCOCC2)n1. The minimum absolute atomic E-state index is 0.699. The largest absolute Gasteiger partial charge is 0.378 e. The van der Waals surface area contributed by atoms with Crippen LogP contribution in [0.25, 0.3) is 0 Å². The molecule has 1 aromatic heterocycles. The highest BCUT2D eigenvalue weighted by atomic mass is 32.1. The molecule has 1 aliphatic heterocycles. The smallest absolute Gasteiger partial charge is 0.186 e. The van der Waals surface area contributed by atoms with Gasteiger partial charge in [-0.2, -0.15) is 0 Å². The molecule has 0 aromatic carbocycles. The molecule has 86 valence electrons. The molecule has 16 heavy (non-hydrogen) atoms. The average molecular weight is 237 g/mol. The first kappa shape index (κ1) is 11.4. The quantitative estimate of drug-likeness (QED) is 0.762. The lowest BCUT2D eigenvalue weighted by Crippen LogP contribution is -2.36. The number of morpholine rings is 1. The Morgan fingerprint density at radius 3 is 3.12 bits per heavy atom. The van der Waals surface area contributed by atoms with Gasteiger partial charge in [0.15, 0.2) is 5.13 Å². The maximum absolute atomic E-state index is 5.31. The van der Waals surface area contributed by atoms with E-state index in [1.54, 1.807) is 11.3 Å². The van der Waals surface area contributed by atoms with Crippen LogP contribution >= 0.6 is 11.3 Å². The Kier molecular flexibility index (Phi) is 4.17. The molecular formula is C11H15N3OS. The van der Waals surface area contributed by atoms with Crippen molar-refractivity contribution in [3.8, 4) is 11.8 Å². The van der Waals surface area contributed by atoms with E-state index in [0.29, 0.717) is 6.54 Å². The van der Waals surface area contributed by atoms with Gasteiger partial charge in [0, 0.05) is 18.5 Å². The zero-order valence-corrected chi connectivity index (χ0v) is 10.1. The lowest BCUT2D eigenvalue weighted by atomic mass is 10.4. The highest BCUT2D eigenvalue weighted by Crippen LogP contribution is 2.20. The van der Waals surface area contributed by atoms with Gasteiger partial charge in [-0.05, 0) is 13.0 Å². The fourth-order valence-corrected chi connectivity index (χ4v) is 2.26. The van der Waals surface area contributed by atoms with Gasteiger partial charge in [-0.3, -0.25) is 0 Å². The fraction of sp³-hybridized carbons (Fsp3) is 0.545. The van der Waals surface area contributed by atoms with Crippen molar-refractivity contribution in [2.45, 2.75) is 0 Å². The summed E-state index contributed by atoms with van der Waals surface area (Å²) in [7, 11) is 1.88. The number of thiazole rings is 1. The van der Waals surface area contributed by atoms with Crippen molar-refractivity contribution in [2.75, 3.05) is 44.8 Å². The summed E-state index contributed by atoms with van der Waals surface area (Å²) in [4.78, 5) is 6.74. The molecule has 1 saturated heterocycles. The van der Waals surface area contributed by atoms with Gasteiger partial charge in [-0.15, -0.1) is 11.3 Å². The first-order valence-corrected chi connectivity index (χ1v) is 6.20. The second kappa shape index (κ2) is 5.85. The topological polar surface area (TPSA) is 37.4 Å². The van der Waals surface area contributed by atoms with Crippen LogP contribution in [0.1, 0.15) is 5.69 Å². The fourth-order valence-electron chi connectivity index (χ4n) is 1.44. The molecular weight excluding hydrogens is 222 g/mol. The molecule has 0 atom stereocenters.